The van der Waals surface area contributed by atoms with E-state index >= 15 is 0 Å². The molecule has 1 amide bonds. The Bertz CT molecular complexity index is 685. The van der Waals surface area contributed by atoms with E-state index in [4.69, 9.17) is 0 Å². The summed E-state index contributed by atoms with van der Waals surface area (Å²) in [4.78, 5) is 16.7. The lowest BCUT2D eigenvalue weighted by Crippen LogP contribution is -2.53. The molecule has 0 bridgehead atoms. The Morgan fingerprint density at radius 1 is 1.00 bits per heavy atom. The van der Waals surface area contributed by atoms with Crippen molar-refractivity contribution in [2.45, 2.75) is 26.2 Å². The highest BCUT2D eigenvalue weighted by molar-refractivity contribution is 7.90. The number of piperazine rings is 1. The Balaban J connectivity index is 1.86. The number of sulfone groups is 1. The molecule has 0 aromatic carbocycles. The van der Waals surface area contributed by atoms with Crippen molar-refractivity contribution in [2.24, 2.45) is 5.92 Å². The molecule has 0 spiro atoms. The summed E-state index contributed by atoms with van der Waals surface area (Å²) in [6.45, 7) is 5.58. The van der Waals surface area contributed by atoms with Gasteiger partial charge < -0.3 is 4.90 Å². The zero-order chi connectivity index (χ0) is 19.4. The van der Waals surface area contributed by atoms with Crippen molar-refractivity contribution < 1.29 is 21.6 Å². The molecule has 0 aromatic heterocycles. The van der Waals surface area contributed by atoms with Crippen LogP contribution in [0.4, 0.5) is 0 Å². The predicted octanol–water partition coefficient (Wildman–Crippen LogP) is -0.373. The number of hydrogen-bond acceptors (Lipinski definition) is 6. The Kier molecular flexibility index (Phi) is 7.46. The first kappa shape index (κ1) is 21.6. The quantitative estimate of drug-likeness (QED) is 0.569. The molecular formula is C16H31N3O5S2. The summed E-state index contributed by atoms with van der Waals surface area (Å²) in [5, 5.41) is 0. The second-order valence-electron chi connectivity index (χ2n) is 7.31. The summed E-state index contributed by atoms with van der Waals surface area (Å²) < 4.78 is 48.6. The molecule has 2 fully saturated rings. The first-order chi connectivity index (χ1) is 12.1. The zero-order valence-electron chi connectivity index (χ0n) is 15.8. The van der Waals surface area contributed by atoms with Crippen LogP contribution in [0.25, 0.3) is 0 Å². The molecule has 2 rings (SSSR count). The summed E-state index contributed by atoms with van der Waals surface area (Å²) in [6.07, 6.45) is 3.25. The number of nitrogens with zero attached hydrogens (tertiary/aromatic N) is 3. The minimum absolute atomic E-state index is 0.0316. The molecule has 0 aromatic rings. The van der Waals surface area contributed by atoms with Gasteiger partial charge in [0.2, 0.25) is 15.9 Å². The summed E-state index contributed by atoms with van der Waals surface area (Å²) in [5.74, 6) is 0.0305. The van der Waals surface area contributed by atoms with Crippen LogP contribution < -0.4 is 0 Å². The van der Waals surface area contributed by atoms with Crippen molar-refractivity contribution in [3.8, 4) is 0 Å². The second kappa shape index (κ2) is 8.99. The van der Waals surface area contributed by atoms with Crippen LogP contribution in [0.3, 0.4) is 0 Å². The van der Waals surface area contributed by atoms with E-state index in [1.807, 2.05) is 6.92 Å². The molecule has 0 aliphatic carbocycles. The van der Waals surface area contributed by atoms with Crippen molar-refractivity contribution >= 4 is 25.8 Å². The number of hydrogen-bond donors (Lipinski definition) is 0. The van der Waals surface area contributed by atoms with Gasteiger partial charge in [-0.2, -0.15) is 0 Å². The van der Waals surface area contributed by atoms with Crippen molar-refractivity contribution in [3.05, 3.63) is 0 Å². The predicted molar refractivity (Wildman–Crippen MR) is 101 cm³/mol. The fourth-order valence-corrected chi connectivity index (χ4v) is 5.71. The van der Waals surface area contributed by atoms with Crippen LogP contribution in [-0.4, -0.2) is 100 Å². The van der Waals surface area contributed by atoms with E-state index in [1.165, 1.54) is 10.6 Å². The lowest BCUT2D eigenvalue weighted by molar-refractivity contribution is -0.138. The number of piperidine rings is 1. The minimum Gasteiger partial charge on any atom is -0.340 e. The standard InChI is InChI=1S/C16H31N3O5S2/c1-3-12-26(23,24)19-6-4-5-15(14-19)16(20)18-9-7-17(8-10-18)11-13-25(2,21)22/h15H,3-14H2,1-2H3. The van der Waals surface area contributed by atoms with E-state index < -0.39 is 19.9 Å². The normalized spacial score (nSPS) is 23.9. The molecule has 0 N–H and O–H groups in total. The van der Waals surface area contributed by atoms with Gasteiger partial charge >= 0.3 is 0 Å². The Hall–Kier alpha value is -0.710. The van der Waals surface area contributed by atoms with Crippen LogP contribution in [0, 0.1) is 5.92 Å². The monoisotopic (exact) mass is 409 g/mol. The van der Waals surface area contributed by atoms with Crippen molar-refractivity contribution in [3.63, 3.8) is 0 Å². The van der Waals surface area contributed by atoms with Crippen molar-refractivity contribution in [1.29, 1.82) is 0 Å². The van der Waals surface area contributed by atoms with Crippen LogP contribution in [0.15, 0.2) is 0 Å². The molecule has 0 saturated carbocycles. The van der Waals surface area contributed by atoms with E-state index in [-0.39, 0.29) is 29.9 Å². The number of carbonyl (C=O) groups is 1. The maximum absolute atomic E-state index is 12.8. The highest BCUT2D eigenvalue weighted by Crippen LogP contribution is 2.22. The lowest BCUT2D eigenvalue weighted by Gasteiger charge is -2.38. The summed E-state index contributed by atoms with van der Waals surface area (Å²) in [6, 6.07) is 0. The zero-order valence-corrected chi connectivity index (χ0v) is 17.4. The van der Waals surface area contributed by atoms with Crippen molar-refractivity contribution in [1.82, 2.24) is 14.1 Å². The van der Waals surface area contributed by atoms with Crippen LogP contribution in [0.5, 0.6) is 0 Å². The molecule has 26 heavy (non-hydrogen) atoms. The number of carbonyl (C=O) groups excluding carboxylic acids is 1. The van der Waals surface area contributed by atoms with Crippen LogP contribution in [0.2, 0.25) is 0 Å². The Morgan fingerprint density at radius 3 is 2.23 bits per heavy atom. The van der Waals surface area contributed by atoms with Gasteiger partial charge in [0, 0.05) is 52.1 Å². The van der Waals surface area contributed by atoms with E-state index in [1.54, 1.807) is 4.90 Å². The third-order valence-electron chi connectivity index (χ3n) is 5.05. The molecule has 152 valence electrons. The lowest BCUT2D eigenvalue weighted by atomic mass is 9.98. The van der Waals surface area contributed by atoms with Crippen LogP contribution in [0.1, 0.15) is 26.2 Å². The van der Waals surface area contributed by atoms with Gasteiger partial charge in [0.15, 0.2) is 0 Å². The van der Waals surface area contributed by atoms with Gasteiger partial charge in [0.05, 0.1) is 17.4 Å². The third kappa shape index (κ3) is 6.17. The van der Waals surface area contributed by atoms with E-state index in [0.717, 1.165) is 6.42 Å². The topological polar surface area (TPSA) is 95.1 Å². The largest absolute Gasteiger partial charge is 0.340 e. The molecular weight excluding hydrogens is 378 g/mol. The fourth-order valence-electron chi connectivity index (χ4n) is 3.53. The van der Waals surface area contributed by atoms with Gasteiger partial charge in [-0.3, -0.25) is 9.69 Å². The number of amides is 1. The Morgan fingerprint density at radius 2 is 1.65 bits per heavy atom. The van der Waals surface area contributed by atoms with Crippen LogP contribution in [-0.2, 0) is 24.7 Å². The molecule has 2 aliphatic rings. The second-order valence-corrected chi connectivity index (χ2v) is 11.7. The summed E-state index contributed by atoms with van der Waals surface area (Å²) in [7, 11) is -6.24. The van der Waals surface area contributed by atoms with Gasteiger partial charge in [-0.25, -0.2) is 21.1 Å². The SMILES string of the molecule is CCCS(=O)(=O)N1CCCC(C(=O)N2CCN(CCS(C)(=O)=O)CC2)C1. The first-order valence-corrected chi connectivity index (χ1v) is 13.0. The van der Waals surface area contributed by atoms with Gasteiger partial charge in [0.25, 0.3) is 0 Å². The summed E-state index contributed by atoms with van der Waals surface area (Å²) in [5.41, 5.74) is 0. The van der Waals surface area contributed by atoms with Crippen LogP contribution >= 0.6 is 0 Å². The molecule has 1 atom stereocenters. The number of sulfonamides is 1. The molecule has 0 radical (unpaired) electrons. The first-order valence-electron chi connectivity index (χ1n) is 9.29. The van der Waals surface area contributed by atoms with E-state index in [9.17, 15) is 21.6 Å². The molecule has 10 heteroatoms. The van der Waals surface area contributed by atoms with Gasteiger partial charge in [-0.1, -0.05) is 6.92 Å². The van der Waals surface area contributed by atoms with E-state index in [0.29, 0.717) is 52.1 Å². The fraction of sp³-hybridized carbons (Fsp3) is 0.938. The number of rotatable bonds is 7. The van der Waals surface area contributed by atoms with Crippen molar-refractivity contribution in [2.75, 3.05) is 63.6 Å². The highest BCUT2D eigenvalue weighted by atomic mass is 32.2. The van der Waals surface area contributed by atoms with E-state index in [2.05, 4.69) is 4.90 Å². The van der Waals surface area contributed by atoms with Gasteiger partial charge in [-0.15, -0.1) is 0 Å². The summed E-state index contributed by atoms with van der Waals surface area (Å²) >= 11 is 0. The molecule has 2 aliphatic heterocycles. The minimum atomic E-state index is -3.26. The average Bonchev–Trinajstić information content (AvgIpc) is 2.59. The maximum Gasteiger partial charge on any atom is 0.227 e. The molecule has 2 saturated heterocycles. The molecule has 2 heterocycles. The smallest absolute Gasteiger partial charge is 0.227 e. The van der Waals surface area contributed by atoms with Gasteiger partial charge in [-0.05, 0) is 19.3 Å². The highest BCUT2D eigenvalue weighted by Gasteiger charge is 2.34. The molecule has 8 nitrogen and oxygen atoms in total. The third-order valence-corrected chi connectivity index (χ3v) is 8.02. The Labute approximate surface area is 157 Å². The van der Waals surface area contributed by atoms with Gasteiger partial charge in [0.1, 0.15) is 9.84 Å². The average molecular weight is 410 g/mol. The maximum atomic E-state index is 12.8. The molecule has 1 unspecified atom stereocenters.